The fourth-order valence-corrected chi connectivity index (χ4v) is 8.92. The molecule has 57 heavy (non-hydrogen) atoms. The molecule has 4 aromatic heterocycles. The molecule has 0 saturated heterocycles. The van der Waals surface area contributed by atoms with E-state index in [1.54, 1.807) is 28.7 Å². The average molecular weight is 827 g/mol. The van der Waals surface area contributed by atoms with E-state index in [1.807, 2.05) is 113 Å². The van der Waals surface area contributed by atoms with Crippen molar-refractivity contribution < 1.29 is 9.52 Å². The summed E-state index contributed by atoms with van der Waals surface area (Å²) >= 11 is 15.7. The van der Waals surface area contributed by atoms with Gasteiger partial charge in [0.1, 0.15) is 17.1 Å². The Bertz CT molecular complexity index is 2820. The standard InChI is InChI=1S/C11H10O.C10H9ClS.C10H9N.C10H10O.C9H7ClS/c1-8-6-9-4-2-3-5-10(9)7-11(8)12;1-6-3-4-8-9(5-6)12-7(2)10(8)11;1-8-6-7-9-4-2-3-5-10(9)11-8;1-7-8(2)11-10-6-4-3-5-9(7)10;1-6-9(10)7-4-2-3-5-8(7)11-6/h2-7,12H,1H3;3-5H,1-2H3;2-7H,1H3;3-6H,1-2H3;2-5H,1H3. The van der Waals surface area contributed by atoms with E-state index in [9.17, 15) is 5.11 Å². The lowest BCUT2D eigenvalue weighted by atomic mass is 10.1. The highest BCUT2D eigenvalue weighted by molar-refractivity contribution is 7.20. The van der Waals surface area contributed by atoms with Crippen LogP contribution in [0.5, 0.6) is 5.75 Å². The molecule has 3 nitrogen and oxygen atoms in total. The second kappa shape index (κ2) is 18.8. The summed E-state index contributed by atoms with van der Waals surface area (Å²) in [4.78, 5) is 6.78. The molecule has 0 saturated carbocycles. The normalized spacial score (nSPS) is 10.6. The molecular weight excluding hydrogens is 782 g/mol. The molecule has 0 bridgehead atoms. The fourth-order valence-electron chi connectivity index (χ4n) is 6.24. The molecule has 4 heterocycles. The van der Waals surface area contributed by atoms with E-state index in [0.717, 1.165) is 43.5 Å². The highest BCUT2D eigenvalue weighted by Crippen LogP contribution is 2.35. The lowest BCUT2D eigenvalue weighted by Crippen LogP contribution is -1.80. The van der Waals surface area contributed by atoms with Gasteiger partial charge in [-0.05, 0) is 118 Å². The molecule has 10 rings (SSSR count). The number of pyridine rings is 1. The zero-order chi connectivity index (χ0) is 40.6. The molecular formula is C50H45Cl2NO2S2. The van der Waals surface area contributed by atoms with E-state index < -0.39 is 0 Å². The quantitative estimate of drug-likeness (QED) is 0.166. The fraction of sp³-hybridized carbons (Fsp3) is 0.140. The minimum absolute atomic E-state index is 0.369. The Balaban J connectivity index is 0.000000120. The molecule has 1 N–H and O–H groups in total. The third-order valence-electron chi connectivity index (χ3n) is 9.53. The van der Waals surface area contributed by atoms with Crippen molar-refractivity contribution in [2.75, 3.05) is 0 Å². The zero-order valence-electron chi connectivity index (χ0n) is 33.2. The molecule has 0 aliphatic rings. The van der Waals surface area contributed by atoms with Gasteiger partial charge in [0, 0.05) is 46.4 Å². The van der Waals surface area contributed by atoms with Crippen molar-refractivity contribution in [2.24, 2.45) is 0 Å². The number of furan rings is 1. The first kappa shape index (κ1) is 41.5. The predicted molar refractivity (Wildman–Crippen MR) is 250 cm³/mol. The third-order valence-corrected chi connectivity index (χ3v) is 12.9. The van der Waals surface area contributed by atoms with Crippen molar-refractivity contribution in [1.29, 1.82) is 0 Å². The number of aromatic hydroxyl groups is 1. The summed E-state index contributed by atoms with van der Waals surface area (Å²) in [5, 5.41) is 18.3. The first-order valence-corrected chi connectivity index (χ1v) is 21.0. The van der Waals surface area contributed by atoms with Crippen LogP contribution < -0.4 is 0 Å². The lowest BCUT2D eigenvalue weighted by Gasteiger charge is -2.01. The number of hydrogen-bond donors (Lipinski definition) is 1. The number of thiophene rings is 2. The summed E-state index contributed by atoms with van der Waals surface area (Å²) in [5.41, 5.74) is 6.61. The molecule has 0 spiro atoms. The van der Waals surface area contributed by atoms with Crippen LogP contribution in [-0.2, 0) is 0 Å². The van der Waals surface area contributed by atoms with E-state index in [1.165, 1.54) is 57.2 Å². The SMILES string of the molecule is Cc1cc2ccccc2cc1O.Cc1ccc2c(Cl)c(C)sc2c1.Cc1ccc2ccccc2n1.Cc1oc2ccccc2c1C.Cc1sc2ccccc2c1Cl. The van der Waals surface area contributed by atoms with Crippen molar-refractivity contribution in [3.63, 3.8) is 0 Å². The number of phenolic OH excluding ortho intramolecular Hbond substituents is 1. The van der Waals surface area contributed by atoms with Gasteiger partial charge in [0.15, 0.2) is 0 Å². The van der Waals surface area contributed by atoms with Crippen LogP contribution in [0.4, 0.5) is 0 Å². The monoisotopic (exact) mass is 825 g/mol. The van der Waals surface area contributed by atoms with Crippen molar-refractivity contribution in [3.05, 3.63) is 187 Å². The number of rotatable bonds is 0. The van der Waals surface area contributed by atoms with Crippen LogP contribution in [0.3, 0.4) is 0 Å². The number of aryl methyl sites for hydroxylation is 7. The Kier molecular flexibility index (Phi) is 13.7. The summed E-state index contributed by atoms with van der Waals surface area (Å²) in [6.07, 6.45) is 0. The van der Waals surface area contributed by atoms with E-state index in [-0.39, 0.29) is 0 Å². The highest BCUT2D eigenvalue weighted by Gasteiger charge is 2.06. The van der Waals surface area contributed by atoms with Crippen LogP contribution in [0.2, 0.25) is 10.0 Å². The van der Waals surface area contributed by atoms with Gasteiger partial charge < -0.3 is 9.52 Å². The van der Waals surface area contributed by atoms with Gasteiger partial charge in [-0.15, -0.1) is 22.7 Å². The maximum absolute atomic E-state index is 9.42. The lowest BCUT2D eigenvalue weighted by molar-refractivity contribution is 0.472. The largest absolute Gasteiger partial charge is 0.508 e. The summed E-state index contributed by atoms with van der Waals surface area (Å²) in [5.74, 6) is 1.39. The minimum Gasteiger partial charge on any atom is -0.508 e. The number of fused-ring (bicyclic) bond motifs is 5. The van der Waals surface area contributed by atoms with Crippen LogP contribution in [0.25, 0.3) is 52.8 Å². The number of para-hydroxylation sites is 2. The summed E-state index contributed by atoms with van der Waals surface area (Å²) < 4.78 is 8.06. The van der Waals surface area contributed by atoms with Gasteiger partial charge in [-0.25, -0.2) is 0 Å². The van der Waals surface area contributed by atoms with Gasteiger partial charge in [0.25, 0.3) is 0 Å². The smallest absolute Gasteiger partial charge is 0.134 e. The number of halogens is 2. The number of benzene rings is 6. The summed E-state index contributed by atoms with van der Waals surface area (Å²) in [6, 6.07) is 46.7. The Labute approximate surface area is 352 Å². The Morgan fingerprint density at radius 2 is 1.09 bits per heavy atom. The van der Waals surface area contributed by atoms with Gasteiger partial charge in [0.05, 0.1) is 15.6 Å². The molecule has 0 fully saturated rings. The van der Waals surface area contributed by atoms with Crippen molar-refractivity contribution in [3.8, 4) is 5.75 Å². The second-order valence-electron chi connectivity index (χ2n) is 13.9. The molecule has 0 aliphatic carbocycles. The van der Waals surface area contributed by atoms with Crippen molar-refractivity contribution in [1.82, 2.24) is 4.98 Å². The maximum atomic E-state index is 9.42. The molecule has 7 heteroatoms. The van der Waals surface area contributed by atoms with Crippen LogP contribution >= 0.6 is 45.9 Å². The Morgan fingerprint density at radius 1 is 0.526 bits per heavy atom. The predicted octanol–water partition coefficient (Wildman–Crippen LogP) is 16.5. The number of nitrogens with zero attached hydrogens (tertiary/aromatic N) is 1. The van der Waals surface area contributed by atoms with E-state index in [2.05, 4.69) is 74.3 Å². The molecule has 6 aromatic carbocycles. The zero-order valence-corrected chi connectivity index (χ0v) is 36.3. The molecule has 0 radical (unpaired) electrons. The van der Waals surface area contributed by atoms with Crippen LogP contribution in [-0.4, -0.2) is 10.1 Å². The molecule has 0 amide bonds. The van der Waals surface area contributed by atoms with E-state index in [0.29, 0.717) is 5.75 Å². The molecule has 288 valence electrons. The number of hydrogen-bond acceptors (Lipinski definition) is 5. The first-order chi connectivity index (χ1) is 27.4. The van der Waals surface area contributed by atoms with Crippen LogP contribution in [0, 0.1) is 48.5 Å². The Morgan fingerprint density at radius 3 is 1.77 bits per heavy atom. The minimum atomic E-state index is 0.369. The number of aromatic nitrogens is 1. The second-order valence-corrected chi connectivity index (χ2v) is 17.1. The van der Waals surface area contributed by atoms with Gasteiger partial charge in [-0.2, -0.15) is 0 Å². The molecule has 0 atom stereocenters. The molecule has 10 aromatic rings. The number of phenols is 1. The molecule has 0 unspecified atom stereocenters. The summed E-state index contributed by atoms with van der Waals surface area (Å²) in [6.45, 7) is 14.2. The van der Waals surface area contributed by atoms with Crippen LogP contribution in [0.1, 0.15) is 37.9 Å². The average Bonchev–Trinajstić information content (AvgIpc) is 3.79. The van der Waals surface area contributed by atoms with Crippen molar-refractivity contribution >= 4 is 98.7 Å². The van der Waals surface area contributed by atoms with Gasteiger partial charge in [-0.3, -0.25) is 4.98 Å². The third kappa shape index (κ3) is 10.2. The van der Waals surface area contributed by atoms with E-state index >= 15 is 0 Å². The Hall–Kier alpha value is -5.17. The van der Waals surface area contributed by atoms with Gasteiger partial charge in [0.2, 0.25) is 0 Å². The van der Waals surface area contributed by atoms with Gasteiger partial charge >= 0.3 is 0 Å². The summed E-state index contributed by atoms with van der Waals surface area (Å²) in [7, 11) is 0. The first-order valence-electron chi connectivity index (χ1n) is 18.6. The van der Waals surface area contributed by atoms with Crippen LogP contribution in [0.15, 0.2) is 144 Å². The van der Waals surface area contributed by atoms with Crippen molar-refractivity contribution in [2.45, 2.75) is 48.5 Å². The topological polar surface area (TPSA) is 46.3 Å². The highest BCUT2D eigenvalue weighted by atomic mass is 35.5. The van der Waals surface area contributed by atoms with Gasteiger partial charge in [-0.1, -0.05) is 120 Å². The van der Waals surface area contributed by atoms with E-state index in [4.69, 9.17) is 27.6 Å². The molecule has 0 aliphatic heterocycles. The maximum Gasteiger partial charge on any atom is 0.134 e.